The molecule has 20 heavy (non-hydrogen) atoms. The molecule has 1 aromatic heterocycles. The molecule has 1 heterocycles. The number of oxime groups is 1. The van der Waals surface area contributed by atoms with E-state index in [1.54, 1.807) is 42.8 Å². The molecule has 0 aliphatic carbocycles. The summed E-state index contributed by atoms with van der Waals surface area (Å²) in [4.78, 5) is 14.3. The number of nitrogens with zero attached hydrogens (tertiary/aromatic N) is 2. The number of hydrogen-bond donors (Lipinski definition) is 2. The molecule has 0 aliphatic rings. The zero-order valence-corrected chi connectivity index (χ0v) is 12.1. The zero-order valence-electron chi connectivity index (χ0n) is 10.6. The Kier molecular flexibility index (Phi) is 4.26. The summed E-state index contributed by atoms with van der Waals surface area (Å²) in [5, 5.41) is 13.8. The van der Waals surface area contributed by atoms with Gasteiger partial charge in [-0.05, 0) is 23.6 Å². The molecule has 0 radical (unpaired) electrons. The van der Waals surface area contributed by atoms with Crippen molar-refractivity contribution in [3.8, 4) is 0 Å². The molecule has 7 heteroatoms. The van der Waals surface area contributed by atoms with Crippen LogP contribution >= 0.6 is 22.9 Å². The van der Waals surface area contributed by atoms with Crippen molar-refractivity contribution in [2.45, 2.75) is 0 Å². The van der Waals surface area contributed by atoms with Crippen molar-refractivity contribution in [2.75, 3.05) is 11.9 Å². The molecule has 0 bridgehead atoms. The van der Waals surface area contributed by atoms with Crippen LogP contribution in [0.5, 0.6) is 0 Å². The molecule has 1 aromatic carbocycles. The molecule has 3 N–H and O–H groups in total. The smallest absolute Gasteiger partial charge is 0.269 e. The number of anilines is 1. The predicted octanol–water partition coefficient (Wildman–Crippen LogP) is 2.77. The minimum absolute atomic E-state index is 0.0122. The Balaban J connectivity index is 2.32. The van der Waals surface area contributed by atoms with Crippen molar-refractivity contribution in [3.63, 3.8) is 0 Å². The van der Waals surface area contributed by atoms with Crippen LogP contribution in [-0.2, 0) is 0 Å². The molecular formula is C13H12ClN3O2S. The fourth-order valence-corrected chi connectivity index (χ4v) is 2.76. The number of thiophene rings is 1. The topological polar surface area (TPSA) is 78.9 Å². The van der Waals surface area contributed by atoms with E-state index in [0.717, 1.165) is 0 Å². The molecule has 104 valence electrons. The number of carbonyl (C=O) groups is 1. The van der Waals surface area contributed by atoms with Crippen LogP contribution < -0.4 is 10.6 Å². The molecule has 0 aliphatic heterocycles. The van der Waals surface area contributed by atoms with E-state index in [2.05, 4.69) is 5.16 Å². The number of carbonyl (C=O) groups excluding carboxylic acids is 1. The molecule has 2 aromatic rings. The van der Waals surface area contributed by atoms with Crippen LogP contribution in [0.1, 0.15) is 15.2 Å². The lowest BCUT2D eigenvalue weighted by Gasteiger charge is -2.17. The van der Waals surface area contributed by atoms with E-state index >= 15 is 0 Å². The maximum atomic E-state index is 12.3. The van der Waals surface area contributed by atoms with Crippen LogP contribution in [0.15, 0.2) is 40.9 Å². The van der Waals surface area contributed by atoms with Crippen molar-refractivity contribution >= 4 is 40.4 Å². The summed E-state index contributed by atoms with van der Waals surface area (Å²) in [6.07, 6.45) is 0. The number of rotatable bonds is 3. The van der Waals surface area contributed by atoms with Gasteiger partial charge < -0.3 is 15.8 Å². The summed E-state index contributed by atoms with van der Waals surface area (Å²) in [6, 6.07) is 8.51. The van der Waals surface area contributed by atoms with E-state index < -0.39 is 0 Å². The minimum atomic E-state index is -0.207. The molecule has 0 atom stereocenters. The molecule has 0 saturated carbocycles. The number of benzene rings is 1. The van der Waals surface area contributed by atoms with Gasteiger partial charge in [0.05, 0.1) is 5.02 Å². The second kappa shape index (κ2) is 5.94. The quantitative estimate of drug-likeness (QED) is 0.396. The Hall–Kier alpha value is -2.05. The van der Waals surface area contributed by atoms with Gasteiger partial charge in [-0.2, -0.15) is 0 Å². The van der Waals surface area contributed by atoms with Crippen molar-refractivity contribution in [1.29, 1.82) is 0 Å². The first-order valence-corrected chi connectivity index (χ1v) is 6.89. The summed E-state index contributed by atoms with van der Waals surface area (Å²) >= 11 is 7.25. The predicted molar refractivity (Wildman–Crippen MR) is 81.0 cm³/mol. The highest BCUT2D eigenvalue weighted by Crippen LogP contribution is 2.25. The van der Waals surface area contributed by atoms with Crippen molar-refractivity contribution in [1.82, 2.24) is 0 Å². The van der Waals surface area contributed by atoms with Gasteiger partial charge in [0.1, 0.15) is 4.88 Å². The van der Waals surface area contributed by atoms with E-state index in [9.17, 15) is 4.79 Å². The van der Waals surface area contributed by atoms with Crippen molar-refractivity contribution in [3.05, 3.63) is 51.2 Å². The third-order valence-corrected chi connectivity index (χ3v) is 4.08. The number of amides is 1. The highest BCUT2D eigenvalue weighted by molar-refractivity contribution is 7.12. The third kappa shape index (κ3) is 2.76. The van der Waals surface area contributed by atoms with Gasteiger partial charge in [0.2, 0.25) is 0 Å². The van der Waals surface area contributed by atoms with Gasteiger partial charge in [0.15, 0.2) is 5.84 Å². The first-order chi connectivity index (χ1) is 9.54. The molecule has 0 unspecified atom stereocenters. The van der Waals surface area contributed by atoms with Gasteiger partial charge in [0, 0.05) is 18.3 Å². The maximum absolute atomic E-state index is 12.3. The highest BCUT2D eigenvalue weighted by atomic mass is 35.5. The van der Waals surface area contributed by atoms with Gasteiger partial charge in [-0.15, -0.1) is 11.3 Å². The lowest BCUT2D eigenvalue weighted by atomic mass is 10.1. The first kappa shape index (κ1) is 14.4. The van der Waals surface area contributed by atoms with Crippen molar-refractivity contribution in [2.24, 2.45) is 10.9 Å². The van der Waals surface area contributed by atoms with Crippen LogP contribution in [0.2, 0.25) is 5.02 Å². The van der Waals surface area contributed by atoms with Crippen LogP contribution in [0.25, 0.3) is 0 Å². The molecule has 5 nitrogen and oxygen atoms in total. The Bertz CT molecular complexity index is 669. The Morgan fingerprint density at radius 3 is 2.80 bits per heavy atom. The number of hydrogen-bond acceptors (Lipinski definition) is 4. The number of halogens is 1. The number of amidine groups is 1. The zero-order chi connectivity index (χ0) is 14.7. The van der Waals surface area contributed by atoms with E-state index in [0.29, 0.717) is 21.2 Å². The summed E-state index contributed by atoms with van der Waals surface area (Å²) in [6.45, 7) is 0. The summed E-state index contributed by atoms with van der Waals surface area (Å²) in [5.74, 6) is -0.219. The average molecular weight is 310 g/mol. The average Bonchev–Trinajstić information content (AvgIpc) is 2.91. The van der Waals surface area contributed by atoms with Gasteiger partial charge in [-0.25, -0.2) is 0 Å². The minimum Gasteiger partial charge on any atom is -0.409 e. The molecule has 2 rings (SSSR count). The Labute approximate surface area is 124 Å². The lowest BCUT2D eigenvalue weighted by Crippen LogP contribution is -2.26. The fourth-order valence-electron chi connectivity index (χ4n) is 1.65. The molecule has 0 fully saturated rings. The van der Waals surface area contributed by atoms with E-state index in [1.807, 2.05) is 0 Å². The van der Waals surface area contributed by atoms with Gasteiger partial charge >= 0.3 is 0 Å². The van der Waals surface area contributed by atoms with E-state index in [1.165, 1.54) is 16.2 Å². The van der Waals surface area contributed by atoms with Crippen LogP contribution in [0.4, 0.5) is 5.69 Å². The fraction of sp³-hybridized carbons (Fsp3) is 0.0769. The molecule has 0 saturated heterocycles. The molecule has 0 spiro atoms. The second-order valence-electron chi connectivity index (χ2n) is 4.00. The Morgan fingerprint density at radius 1 is 1.45 bits per heavy atom. The van der Waals surface area contributed by atoms with Gasteiger partial charge in [0.25, 0.3) is 5.91 Å². The first-order valence-electron chi connectivity index (χ1n) is 5.63. The second-order valence-corrected chi connectivity index (χ2v) is 5.32. The largest absolute Gasteiger partial charge is 0.409 e. The van der Waals surface area contributed by atoms with E-state index in [4.69, 9.17) is 22.5 Å². The monoisotopic (exact) mass is 309 g/mol. The number of nitrogens with two attached hydrogens (primary N) is 1. The third-order valence-electron chi connectivity index (χ3n) is 2.75. The molecule has 1 amide bonds. The van der Waals surface area contributed by atoms with Crippen LogP contribution in [0, 0.1) is 0 Å². The maximum Gasteiger partial charge on any atom is 0.269 e. The lowest BCUT2D eigenvalue weighted by molar-refractivity contribution is 0.0997. The normalized spacial score (nSPS) is 11.4. The Morgan fingerprint density at radius 2 is 2.20 bits per heavy atom. The summed E-state index contributed by atoms with van der Waals surface area (Å²) in [5.41, 5.74) is 6.69. The summed E-state index contributed by atoms with van der Waals surface area (Å²) < 4.78 is 0. The van der Waals surface area contributed by atoms with Gasteiger partial charge in [-0.1, -0.05) is 28.9 Å². The summed E-state index contributed by atoms with van der Waals surface area (Å²) in [7, 11) is 1.64. The van der Waals surface area contributed by atoms with Crippen LogP contribution in [-0.4, -0.2) is 24.0 Å². The van der Waals surface area contributed by atoms with E-state index in [-0.39, 0.29) is 11.7 Å². The molecular weight excluding hydrogens is 298 g/mol. The van der Waals surface area contributed by atoms with Crippen molar-refractivity contribution < 1.29 is 10.0 Å². The standard InChI is InChI=1S/C13H12ClN3O2S/c1-17(13(18)11-10(14)5-6-20-11)9-4-2-3-8(7-9)12(15)16-19/h2-7,19H,1H3,(H2,15,16). The van der Waals surface area contributed by atoms with Crippen LogP contribution in [0.3, 0.4) is 0 Å². The van der Waals surface area contributed by atoms with Gasteiger partial charge in [-0.3, -0.25) is 4.79 Å². The highest BCUT2D eigenvalue weighted by Gasteiger charge is 2.18. The SMILES string of the molecule is CN(C(=O)c1sccc1Cl)c1cccc(/C(N)=N/O)c1.